The number of thiazole rings is 1. The number of rotatable bonds is 7. The molecule has 2 heterocycles. The van der Waals surface area contributed by atoms with Crippen LogP contribution in [0.2, 0.25) is 10.0 Å². The maximum absolute atomic E-state index is 13.5. The van der Waals surface area contributed by atoms with Crippen molar-refractivity contribution >= 4 is 55.8 Å². The quantitative estimate of drug-likeness (QED) is 0.453. The number of carbonyl (C=O) groups is 1. The summed E-state index contributed by atoms with van der Waals surface area (Å²) in [6.45, 7) is 4.40. The summed E-state index contributed by atoms with van der Waals surface area (Å²) in [7, 11) is 1.56. The van der Waals surface area contributed by atoms with E-state index in [1.165, 1.54) is 23.5 Å². The van der Waals surface area contributed by atoms with Crippen LogP contribution in [0.15, 0.2) is 30.3 Å². The predicted octanol–water partition coefficient (Wildman–Crippen LogP) is 5.12. The van der Waals surface area contributed by atoms with Gasteiger partial charge in [-0.1, -0.05) is 34.5 Å². The lowest BCUT2D eigenvalue weighted by Gasteiger charge is -2.27. The van der Waals surface area contributed by atoms with E-state index in [0.29, 0.717) is 41.2 Å². The summed E-state index contributed by atoms with van der Waals surface area (Å²) in [4.78, 5) is 22.0. The first-order valence-electron chi connectivity index (χ1n) is 10.2. The molecule has 1 amide bonds. The van der Waals surface area contributed by atoms with E-state index < -0.39 is 5.82 Å². The van der Waals surface area contributed by atoms with Gasteiger partial charge in [-0.2, -0.15) is 0 Å². The van der Waals surface area contributed by atoms with E-state index in [0.717, 1.165) is 36.8 Å². The fourth-order valence-electron chi connectivity index (χ4n) is 3.59. The van der Waals surface area contributed by atoms with Gasteiger partial charge in [0.2, 0.25) is 0 Å². The molecule has 0 spiro atoms. The normalized spacial score (nSPS) is 14.6. The molecule has 1 aliphatic heterocycles. The summed E-state index contributed by atoms with van der Waals surface area (Å²) >= 11 is 13.9. The number of benzene rings is 2. The van der Waals surface area contributed by atoms with Crippen molar-refractivity contribution in [1.82, 2.24) is 9.88 Å². The number of aromatic nitrogens is 1. The van der Waals surface area contributed by atoms with Gasteiger partial charge in [0.05, 0.1) is 40.6 Å². The van der Waals surface area contributed by atoms with E-state index in [9.17, 15) is 9.18 Å². The number of halogens is 3. The van der Waals surface area contributed by atoms with Gasteiger partial charge in [0.1, 0.15) is 17.1 Å². The lowest BCUT2D eigenvalue weighted by Crippen LogP contribution is -2.39. The molecule has 0 atom stereocenters. The Morgan fingerprint density at radius 3 is 2.75 bits per heavy atom. The van der Waals surface area contributed by atoms with Crippen LogP contribution >= 0.6 is 34.5 Å². The number of methoxy groups -OCH3 is 1. The fourth-order valence-corrected chi connectivity index (χ4v) is 5.12. The summed E-state index contributed by atoms with van der Waals surface area (Å²) in [6, 6.07) is 7.25. The molecule has 3 aromatic rings. The van der Waals surface area contributed by atoms with Crippen LogP contribution in [0, 0.1) is 5.82 Å². The first kappa shape index (κ1) is 23.2. The van der Waals surface area contributed by atoms with Crippen molar-refractivity contribution in [3.63, 3.8) is 0 Å². The van der Waals surface area contributed by atoms with Gasteiger partial charge in [0, 0.05) is 26.2 Å². The fraction of sp³-hybridized carbons (Fsp3) is 0.364. The molecular formula is C22H22Cl2FN3O3S. The van der Waals surface area contributed by atoms with Gasteiger partial charge in [0.25, 0.3) is 5.91 Å². The Bertz CT molecular complexity index is 1120. The van der Waals surface area contributed by atoms with Gasteiger partial charge in [0.15, 0.2) is 5.13 Å². The molecule has 0 saturated carbocycles. The third kappa shape index (κ3) is 5.00. The van der Waals surface area contributed by atoms with Crippen molar-refractivity contribution in [2.45, 2.75) is 6.42 Å². The molecule has 10 heteroatoms. The standard InChI is InChI=1S/C22H22Cl2FN3O3S/c1-30-18-6-5-16(23)20-19(18)26-22(32-20)28(8-2-7-27-9-11-31-12-10-27)21(29)15-4-3-14(25)13-17(15)24/h3-6,13H,2,7-12H2,1H3. The van der Waals surface area contributed by atoms with E-state index >= 15 is 0 Å². The lowest BCUT2D eigenvalue weighted by molar-refractivity contribution is 0.0376. The van der Waals surface area contributed by atoms with Gasteiger partial charge in [-0.25, -0.2) is 9.37 Å². The molecule has 2 aromatic carbocycles. The zero-order valence-electron chi connectivity index (χ0n) is 17.4. The third-order valence-electron chi connectivity index (χ3n) is 5.26. The Labute approximate surface area is 199 Å². The van der Waals surface area contributed by atoms with Gasteiger partial charge in [-0.05, 0) is 36.8 Å². The average molecular weight is 498 g/mol. The summed E-state index contributed by atoms with van der Waals surface area (Å²) in [5.74, 6) is -0.263. The summed E-state index contributed by atoms with van der Waals surface area (Å²) in [5.41, 5.74) is 0.813. The van der Waals surface area contributed by atoms with Crippen LogP contribution in [-0.2, 0) is 4.74 Å². The van der Waals surface area contributed by atoms with Crippen LogP contribution in [0.4, 0.5) is 9.52 Å². The molecule has 0 aliphatic carbocycles. The highest BCUT2D eigenvalue weighted by molar-refractivity contribution is 7.23. The largest absolute Gasteiger partial charge is 0.494 e. The Kier molecular flexibility index (Phi) is 7.48. The van der Waals surface area contributed by atoms with Gasteiger partial charge >= 0.3 is 0 Å². The number of fused-ring (bicyclic) bond motifs is 1. The third-order valence-corrected chi connectivity index (χ3v) is 7.12. The van der Waals surface area contributed by atoms with Crippen LogP contribution in [0.25, 0.3) is 10.2 Å². The van der Waals surface area contributed by atoms with Gasteiger partial charge < -0.3 is 9.47 Å². The van der Waals surface area contributed by atoms with Crippen molar-refractivity contribution in [2.75, 3.05) is 51.4 Å². The van der Waals surface area contributed by atoms with E-state index in [1.54, 1.807) is 24.1 Å². The highest BCUT2D eigenvalue weighted by Crippen LogP contribution is 2.39. The average Bonchev–Trinajstić information content (AvgIpc) is 3.23. The van der Waals surface area contributed by atoms with Gasteiger partial charge in [-0.15, -0.1) is 0 Å². The SMILES string of the molecule is COc1ccc(Cl)c2sc(N(CCCN3CCOCC3)C(=O)c3ccc(F)cc3Cl)nc12. The zero-order valence-corrected chi connectivity index (χ0v) is 19.8. The number of anilines is 1. The molecule has 4 rings (SSSR count). The topological polar surface area (TPSA) is 54.9 Å². The molecule has 1 aliphatic rings. The van der Waals surface area contributed by atoms with Crippen molar-refractivity contribution < 1.29 is 18.7 Å². The molecule has 6 nitrogen and oxygen atoms in total. The molecule has 0 unspecified atom stereocenters. The second-order valence-corrected chi connectivity index (χ2v) is 9.10. The molecule has 1 saturated heterocycles. The maximum atomic E-state index is 13.5. The number of amides is 1. The van der Waals surface area contributed by atoms with Crippen LogP contribution in [0.1, 0.15) is 16.8 Å². The Morgan fingerprint density at radius 1 is 1.25 bits per heavy atom. The van der Waals surface area contributed by atoms with E-state index in [-0.39, 0.29) is 16.5 Å². The van der Waals surface area contributed by atoms with E-state index in [4.69, 9.17) is 32.7 Å². The first-order chi connectivity index (χ1) is 15.5. The minimum atomic E-state index is -0.498. The lowest BCUT2D eigenvalue weighted by atomic mass is 10.2. The number of hydrogen-bond donors (Lipinski definition) is 0. The molecule has 32 heavy (non-hydrogen) atoms. The number of carbonyl (C=O) groups excluding carboxylic acids is 1. The minimum absolute atomic E-state index is 0.0601. The zero-order chi connectivity index (χ0) is 22.7. The van der Waals surface area contributed by atoms with Gasteiger partial charge in [-0.3, -0.25) is 14.6 Å². The summed E-state index contributed by atoms with van der Waals surface area (Å²) < 4.78 is 25.1. The molecule has 1 aromatic heterocycles. The Balaban J connectivity index is 1.65. The van der Waals surface area contributed by atoms with Crippen LogP contribution in [0.3, 0.4) is 0 Å². The van der Waals surface area contributed by atoms with Crippen LogP contribution in [0.5, 0.6) is 5.75 Å². The second-order valence-electron chi connectivity index (χ2n) is 7.31. The van der Waals surface area contributed by atoms with Crippen molar-refractivity contribution in [3.05, 3.63) is 51.8 Å². The van der Waals surface area contributed by atoms with Crippen LogP contribution < -0.4 is 9.64 Å². The highest BCUT2D eigenvalue weighted by atomic mass is 35.5. The molecule has 170 valence electrons. The molecule has 0 bridgehead atoms. The predicted molar refractivity (Wildman–Crippen MR) is 126 cm³/mol. The monoisotopic (exact) mass is 497 g/mol. The minimum Gasteiger partial charge on any atom is -0.494 e. The maximum Gasteiger partial charge on any atom is 0.261 e. The highest BCUT2D eigenvalue weighted by Gasteiger charge is 2.25. The number of nitrogens with zero attached hydrogens (tertiary/aromatic N) is 3. The number of ether oxygens (including phenoxy) is 2. The molecule has 1 fully saturated rings. The van der Waals surface area contributed by atoms with Crippen molar-refractivity contribution in [2.24, 2.45) is 0 Å². The number of morpholine rings is 1. The summed E-state index contributed by atoms with van der Waals surface area (Å²) in [6.07, 6.45) is 0.728. The Hall–Kier alpha value is -1.97. The van der Waals surface area contributed by atoms with Crippen molar-refractivity contribution in [3.8, 4) is 5.75 Å². The molecule has 0 N–H and O–H groups in total. The van der Waals surface area contributed by atoms with E-state index in [1.807, 2.05) is 0 Å². The smallest absolute Gasteiger partial charge is 0.261 e. The van der Waals surface area contributed by atoms with Crippen molar-refractivity contribution in [1.29, 1.82) is 0 Å². The second kappa shape index (κ2) is 10.3. The Morgan fingerprint density at radius 2 is 2.03 bits per heavy atom. The summed E-state index contributed by atoms with van der Waals surface area (Å²) in [5, 5.41) is 1.08. The number of hydrogen-bond acceptors (Lipinski definition) is 6. The van der Waals surface area contributed by atoms with Crippen LogP contribution in [-0.4, -0.2) is 62.3 Å². The molecule has 0 radical (unpaired) electrons. The first-order valence-corrected chi connectivity index (χ1v) is 11.7. The van der Waals surface area contributed by atoms with E-state index in [2.05, 4.69) is 9.88 Å². The molecular weight excluding hydrogens is 476 g/mol.